The molecule has 2 aromatic carbocycles. The zero-order valence-corrected chi connectivity index (χ0v) is 20.4. The Morgan fingerprint density at radius 2 is 1.69 bits per heavy atom. The maximum absolute atomic E-state index is 14.1. The van der Waals surface area contributed by atoms with Crippen LogP contribution in [0.25, 0.3) is 0 Å². The summed E-state index contributed by atoms with van der Waals surface area (Å²) in [6.45, 7) is 2.15. The quantitative estimate of drug-likeness (QED) is 0.364. The highest BCUT2D eigenvalue weighted by molar-refractivity contribution is 6.46. The van der Waals surface area contributed by atoms with Gasteiger partial charge in [0.25, 0.3) is 5.91 Å². The second-order valence-electron chi connectivity index (χ2n) is 10.1. The molecule has 5 rings (SSSR count). The van der Waals surface area contributed by atoms with E-state index in [1.54, 1.807) is 12.1 Å². The molecule has 0 N–H and O–H groups in total. The van der Waals surface area contributed by atoms with E-state index >= 15 is 0 Å². The number of aliphatic imine (C=N–C) groups is 1. The molecular formula is C28H29F3N2O3. The minimum atomic E-state index is -1.57. The number of hydrogen-bond donors (Lipinski definition) is 0. The van der Waals surface area contributed by atoms with E-state index in [1.165, 1.54) is 7.11 Å². The normalized spacial score (nSPS) is 24.7. The molecule has 0 bridgehead atoms. The second kappa shape index (κ2) is 9.37. The van der Waals surface area contributed by atoms with Gasteiger partial charge < -0.3 is 9.64 Å². The number of esters is 1. The van der Waals surface area contributed by atoms with E-state index in [1.807, 2.05) is 17.0 Å². The van der Waals surface area contributed by atoms with Crippen molar-refractivity contribution in [2.45, 2.75) is 63.6 Å². The molecule has 36 heavy (non-hydrogen) atoms. The van der Waals surface area contributed by atoms with Gasteiger partial charge in [-0.25, -0.2) is 18.0 Å². The number of carbonyl (C=O) groups is 2. The third-order valence-corrected chi connectivity index (χ3v) is 7.95. The van der Waals surface area contributed by atoms with Crippen molar-refractivity contribution in [2.24, 2.45) is 16.8 Å². The summed E-state index contributed by atoms with van der Waals surface area (Å²) in [6.07, 6.45) is 6.00. The molecule has 2 aliphatic carbocycles. The molecule has 190 valence electrons. The van der Waals surface area contributed by atoms with Gasteiger partial charge in [0.05, 0.1) is 18.7 Å². The molecule has 8 heteroatoms. The van der Waals surface area contributed by atoms with E-state index in [0.29, 0.717) is 24.3 Å². The number of rotatable bonds is 6. The van der Waals surface area contributed by atoms with Gasteiger partial charge in [-0.3, -0.25) is 9.79 Å². The van der Waals surface area contributed by atoms with Crippen LogP contribution < -0.4 is 0 Å². The van der Waals surface area contributed by atoms with Gasteiger partial charge in [0.2, 0.25) is 0 Å². The lowest BCUT2D eigenvalue weighted by Crippen LogP contribution is -2.51. The minimum Gasteiger partial charge on any atom is -0.465 e. The molecule has 5 nitrogen and oxygen atoms in total. The molecule has 2 saturated carbocycles. The molecule has 0 radical (unpaired) electrons. The van der Waals surface area contributed by atoms with Crippen molar-refractivity contribution in [1.82, 2.24) is 4.90 Å². The van der Waals surface area contributed by atoms with E-state index in [9.17, 15) is 22.8 Å². The van der Waals surface area contributed by atoms with E-state index in [-0.39, 0.29) is 23.2 Å². The molecule has 1 aliphatic heterocycles. The van der Waals surface area contributed by atoms with Crippen LogP contribution >= 0.6 is 0 Å². The van der Waals surface area contributed by atoms with Crippen LogP contribution in [0.1, 0.15) is 79.4 Å². The first-order valence-corrected chi connectivity index (χ1v) is 12.5. The van der Waals surface area contributed by atoms with Gasteiger partial charge in [-0.2, -0.15) is 0 Å². The van der Waals surface area contributed by atoms with Gasteiger partial charge in [-0.15, -0.1) is 0 Å². The molecule has 3 aliphatic rings. The number of methoxy groups -OCH3 is 1. The lowest BCUT2D eigenvalue weighted by molar-refractivity contribution is -0.133. The summed E-state index contributed by atoms with van der Waals surface area (Å²) in [5, 5.41) is 0. The van der Waals surface area contributed by atoms with E-state index < -0.39 is 35.0 Å². The molecule has 2 aromatic rings. The number of amides is 1. The van der Waals surface area contributed by atoms with Crippen LogP contribution in [0.15, 0.2) is 41.4 Å². The van der Waals surface area contributed by atoms with Gasteiger partial charge in [-0.1, -0.05) is 25.5 Å². The first-order valence-electron chi connectivity index (χ1n) is 12.5. The summed E-state index contributed by atoms with van der Waals surface area (Å²) >= 11 is 0. The molecule has 1 heterocycles. The maximum Gasteiger partial charge on any atom is 0.337 e. The van der Waals surface area contributed by atoms with Gasteiger partial charge in [0.15, 0.2) is 17.5 Å². The SMILES string of the molecule is CCC1CCC2(CC1)N=C(c1cc(F)c(F)c(F)c1)C(=O)N2C(c1ccc(C(=O)OC)cc1)C1CC1. The number of benzene rings is 2. The van der Waals surface area contributed by atoms with Crippen LogP contribution in [-0.4, -0.2) is 35.3 Å². The Morgan fingerprint density at radius 3 is 2.22 bits per heavy atom. The standard InChI is InChI=1S/C28H29F3N2O3/c1-3-16-10-12-28(13-11-16)32-24(20-14-21(29)23(31)22(30)15-20)26(34)33(28)25(17-4-5-17)18-6-8-19(9-7-18)27(35)36-2/h6-9,14-17,25H,3-5,10-13H2,1-2H3. The molecule has 1 amide bonds. The van der Waals surface area contributed by atoms with Crippen LogP contribution in [0.2, 0.25) is 0 Å². The summed E-state index contributed by atoms with van der Waals surface area (Å²) in [5.41, 5.74) is 0.388. The maximum atomic E-state index is 14.1. The molecule has 1 atom stereocenters. The number of carbonyl (C=O) groups excluding carboxylic acids is 2. The Hall–Kier alpha value is -3.16. The van der Waals surface area contributed by atoms with Crippen molar-refractivity contribution in [2.75, 3.05) is 7.11 Å². The summed E-state index contributed by atoms with van der Waals surface area (Å²) in [6, 6.07) is 8.45. The first-order chi connectivity index (χ1) is 17.3. The second-order valence-corrected chi connectivity index (χ2v) is 10.1. The predicted octanol–water partition coefficient (Wildman–Crippen LogP) is 5.97. The summed E-state index contributed by atoms with van der Waals surface area (Å²) in [5.74, 6) is -4.35. The largest absolute Gasteiger partial charge is 0.465 e. The van der Waals surface area contributed by atoms with Crippen LogP contribution in [0, 0.1) is 29.3 Å². The van der Waals surface area contributed by atoms with Crippen molar-refractivity contribution in [3.05, 3.63) is 70.5 Å². The number of nitrogens with zero attached hydrogens (tertiary/aromatic N) is 2. The molecule has 2 fully saturated rings. The van der Waals surface area contributed by atoms with Crippen molar-refractivity contribution in [3.8, 4) is 0 Å². The number of ether oxygens (including phenoxy) is 1. The van der Waals surface area contributed by atoms with Crippen molar-refractivity contribution >= 4 is 17.6 Å². The average Bonchev–Trinajstić information content (AvgIpc) is 3.69. The highest BCUT2D eigenvalue weighted by Crippen LogP contribution is 2.52. The summed E-state index contributed by atoms with van der Waals surface area (Å²) in [4.78, 5) is 32.6. The Balaban J connectivity index is 1.58. The Labute approximate surface area is 208 Å². The number of hydrogen-bond acceptors (Lipinski definition) is 4. The number of halogens is 3. The zero-order valence-electron chi connectivity index (χ0n) is 20.4. The van der Waals surface area contributed by atoms with Crippen molar-refractivity contribution in [3.63, 3.8) is 0 Å². The third-order valence-electron chi connectivity index (χ3n) is 7.95. The Morgan fingerprint density at radius 1 is 1.08 bits per heavy atom. The van der Waals surface area contributed by atoms with Gasteiger partial charge in [0.1, 0.15) is 11.4 Å². The van der Waals surface area contributed by atoms with Crippen LogP contribution in [0.3, 0.4) is 0 Å². The summed E-state index contributed by atoms with van der Waals surface area (Å²) < 4.78 is 46.7. The van der Waals surface area contributed by atoms with Crippen molar-refractivity contribution in [1.29, 1.82) is 0 Å². The van der Waals surface area contributed by atoms with E-state index in [4.69, 9.17) is 9.73 Å². The monoisotopic (exact) mass is 498 g/mol. The molecule has 1 unspecified atom stereocenters. The summed E-state index contributed by atoms with van der Waals surface area (Å²) in [7, 11) is 1.32. The molecule has 0 saturated heterocycles. The fourth-order valence-electron chi connectivity index (χ4n) is 5.76. The zero-order chi connectivity index (χ0) is 25.6. The fourth-order valence-corrected chi connectivity index (χ4v) is 5.76. The smallest absolute Gasteiger partial charge is 0.337 e. The van der Waals surface area contributed by atoms with Crippen LogP contribution in [0.5, 0.6) is 0 Å². The lowest BCUT2D eigenvalue weighted by Gasteiger charge is -2.45. The predicted molar refractivity (Wildman–Crippen MR) is 128 cm³/mol. The first kappa shape index (κ1) is 24.5. The highest BCUT2D eigenvalue weighted by atomic mass is 19.2. The highest BCUT2D eigenvalue weighted by Gasteiger charge is 2.54. The Kier molecular flexibility index (Phi) is 6.39. The fraction of sp³-hybridized carbons (Fsp3) is 0.464. The average molecular weight is 499 g/mol. The topological polar surface area (TPSA) is 59.0 Å². The van der Waals surface area contributed by atoms with Crippen LogP contribution in [0.4, 0.5) is 13.2 Å². The Bertz CT molecular complexity index is 1190. The van der Waals surface area contributed by atoms with Gasteiger partial charge in [-0.05, 0) is 80.2 Å². The molecule has 0 aromatic heterocycles. The van der Waals surface area contributed by atoms with Gasteiger partial charge >= 0.3 is 5.97 Å². The molecular weight excluding hydrogens is 469 g/mol. The van der Waals surface area contributed by atoms with Crippen LogP contribution in [-0.2, 0) is 9.53 Å². The van der Waals surface area contributed by atoms with Crippen molar-refractivity contribution < 1.29 is 27.5 Å². The third kappa shape index (κ3) is 4.20. The lowest BCUT2D eigenvalue weighted by atomic mass is 9.79. The van der Waals surface area contributed by atoms with E-state index in [0.717, 1.165) is 49.8 Å². The van der Waals surface area contributed by atoms with Gasteiger partial charge in [0, 0.05) is 5.56 Å². The van der Waals surface area contributed by atoms with E-state index in [2.05, 4.69) is 6.92 Å². The molecule has 1 spiro atoms. The minimum absolute atomic E-state index is 0.0282.